The molecule has 0 saturated carbocycles. The van der Waals surface area contributed by atoms with Crippen molar-refractivity contribution in [3.05, 3.63) is 34.2 Å². The first-order valence-corrected chi connectivity index (χ1v) is 5.59. The molecule has 1 aromatic carbocycles. The van der Waals surface area contributed by atoms with Gasteiger partial charge in [0.2, 0.25) is 0 Å². The molecule has 0 aliphatic carbocycles. The second-order valence-corrected chi connectivity index (χ2v) is 4.64. The number of hydrogen-bond acceptors (Lipinski definition) is 2. The molecule has 0 atom stereocenters. The number of alkyl halides is 1. The van der Waals surface area contributed by atoms with Crippen molar-refractivity contribution in [2.75, 3.05) is 0 Å². The molecule has 1 aromatic heterocycles. The molecule has 0 amide bonds. The molecular weight excluding hydrogens is 214 g/mol. The van der Waals surface area contributed by atoms with Crippen LogP contribution in [0.25, 0.3) is 10.1 Å². The van der Waals surface area contributed by atoms with Crippen LogP contribution in [0.2, 0.25) is 0 Å². The van der Waals surface area contributed by atoms with Crippen LogP contribution in [0.5, 0.6) is 0 Å². The van der Waals surface area contributed by atoms with Crippen molar-refractivity contribution in [2.45, 2.75) is 12.8 Å². The van der Waals surface area contributed by atoms with E-state index in [9.17, 15) is 0 Å². The average Bonchev–Trinajstić information content (AvgIpc) is 2.57. The summed E-state index contributed by atoms with van der Waals surface area (Å²) in [7, 11) is 0. The van der Waals surface area contributed by atoms with Crippen molar-refractivity contribution in [3.8, 4) is 6.07 Å². The third kappa shape index (κ3) is 1.39. The van der Waals surface area contributed by atoms with E-state index in [0.717, 1.165) is 21.2 Å². The maximum absolute atomic E-state index is 8.93. The largest absolute Gasteiger partial charge is 0.192 e. The Balaban J connectivity index is 2.86. The van der Waals surface area contributed by atoms with Gasteiger partial charge in [0.25, 0.3) is 0 Å². The van der Waals surface area contributed by atoms with E-state index in [2.05, 4.69) is 12.1 Å². The highest BCUT2D eigenvalue weighted by atomic mass is 35.5. The molecule has 1 nitrogen and oxygen atoms in total. The minimum atomic E-state index is 0.498. The monoisotopic (exact) mass is 221 g/mol. The molecule has 0 N–H and O–H groups in total. The Bertz CT molecular complexity index is 522. The molecule has 0 unspecified atom stereocenters. The summed E-state index contributed by atoms with van der Waals surface area (Å²) in [5.74, 6) is 0.498. The van der Waals surface area contributed by atoms with Gasteiger partial charge >= 0.3 is 0 Å². The van der Waals surface area contributed by atoms with Gasteiger partial charge in [0.05, 0.1) is 10.3 Å². The zero-order valence-corrected chi connectivity index (χ0v) is 9.25. The summed E-state index contributed by atoms with van der Waals surface area (Å²) in [6, 6.07) is 8.07. The summed E-state index contributed by atoms with van der Waals surface area (Å²) in [4.78, 5) is 1.22. The Kier molecular flexibility index (Phi) is 2.45. The van der Waals surface area contributed by atoms with E-state index in [-0.39, 0.29) is 0 Å². The molecule has 70 valence electrons. The fourth-order valence-corrected chi connectivity index (χ4v) is 2.76. The lowest BCUT2D eigenvalue weighted by Crippen LogP contribution is -1.81. The molecule has 0 bridgehead atoms. The summed E-state index contributed by atoms with van der Waals surface area (Å²) in [5, 5.41) is 10.1. The summed E-state index contributed by atoms with van der Waals surface area (Å²) in [6.07, 6.45) is 0. The van der Waals surface area contributed by atoms with Crippen LogP contribution in [0.15, 0.2) is 18.2 Å². The quantitative estimate of drug-likeness (QED) is 0.672. The van der Waals surface area contributed by atoms with E-state index >= 15 is 0 Å². The Labute approximate surface area is 91.5 Å². The number of halogens is 1. The Morgan fingerprint density at radius 3 is 2.93 bits per heavy atom. The number of aryl methyl sites for hydroxylation is 1. The fourth-order valence-electron chi connectivity index (χ4n) is 1.51. The molecule has 2 rings (SSSR count). The number of nitriles is 1. The maximum atomic E-state index is 8.93. The van der Waals surface area contributed by atoms with E-state index in [1.165, 1.54) is 4.88 Å². The number of rotatable bonds is 1. The predicted octanol–water partition coefficient (Wildman–Crippen LogP) is 3.82. The zero-order chi connectivity index (χ0) is 10.1. The third-order valence-electron chi connectivity index (χ3n) is 2.16. The highest BCUT2D eigenvalue weighted by Gasteiger charge is 2.07. The number of hydrogen-bond donors (Lipinski definition) is 0. The fraction of sp³-hybridized carbons (Fsp3) is 0.182. The van der Waals surface area contributed by atoms with Crippen molar-refractivity contribution in [1.29, 1.82) is 5.26 Å². The van der Waals surface area contributed by atoms with Crippen molar-refractivity contribution >= 4 is 33.0 Å². The van der Waals surface area contributed by atoms with E-state index in [1.54, 1.807) is 11.3 Å². The third-order valence-corrected chi connectivity index (χ3v) is 3.53. The summed E-state index contributed by atoms with van der Waals surface area (Å²) < 4.78 is 1.06. The molecular formula is C11H8ClNS. The van der Waals surface area contributed by atoms with Crippen LogP contribution in [0.1, 0.15) is 16.0 Å². The summed E-state index contributed by atoms with van der Waals surface area (Å²) in [6.45, 7) is 2.05. The molecule has 0 radical (unpaired) electrons. The molecule has 14 heavy (non-hydrogen) atoms. The van der Waals surface area contributed by atoms with Gasteiger partial charge in [-0.25, -0.2) is 0 Å². The Hall–Kier alpha value is -1.04. The molecule has 2 aromatic rings. The SMILES string of the molecule is Cc1cc2c(CCl)ccc(C#N)c2s1. The van der Waals surface area contributed by atoms with Gasteiger partial charge in [-0.15, -0.1) is 22.9 Å². The van der Waals surface area contributed by atoms with E-state index in [1.807, 2.05) is 19.1 Å². The minimum Gasteiger partial charge on any atom is -0.192 e. The number of nitrogens with zero attached hydrogens (tertiary/aromatic N) is 1. The van der Waals surface area contributed by atoms with Crippen LogP contribution in [0, 0.1) is 18.3 Å². The lowest BCUT2D eigenvalue weighted by Gasteiger charge is -1.98. The van der Waals surface area contributed by atoms with Crippen molar-refractivity contribution in [2.24, 2.45) is 0 Å². The van der Waals surface area contributed by atoms with Crippen LogP contribution < -0.4 is 0 Å². The van der Waals surface area contributed by atoms with Crippen molar-refractivity contribution in [1.82, 2.24) is 0 Å². The normalized spacial score (nSPS) is 10.4. The average molecular weight is 222 g/mol. The molecule has 0 fully saturated rings. The topological polar surface area (TPSA) is 23.8 Å². The minimum absolute atomic E-state index is 0.498. The van der Waals surface area contributed by atoms with Crippen LogP contribution in [0.4, 0.5) is 0 Å². The predicted molar refractivity (Wildman–Crippen MR) is 60.8 cm³/mol. The van der Waals surface area contributed by atoms with E-state index in [0.29, 0.717) is 5.88 Å². The highest BCUT2D eigenvalue weighted by molar-refractivity contribution is 7.19. The van der Waals surface area contributed by atoms with Gasteiger partial charge in [-0.1, -0.05) is 6.07 Å². The van der Waals surface area contributed by atoms with Crippen LogP contribution in [0.3, 0.4) is 0 Å². The van der Waals surface area contributed by atoms with Gasteiger partial charge in [0.15, 0.2) is 0 Å². The second kappa shape index (κ2) is 3.61. The Morgan fingerprint density at radius 1 is 1.50 bits per heavy atom. The Morgan fingerprint density at radius 2 is 2.29 bits per heavy atom. The lowest BCUT2D eigenvalue weighted by molar-refractivity contribution is 1.44. The summed E-state index contributed by atoms with van der Waals surface area (Å²) >= 11 is 7.48. The first-order chi connectivity index (χ1) is 6.76. The van der Waals surface area contributed by atoms with Gasteiger partial charge in [0.1, 0.15) is 6.07 Å². The van der Waals surface area contributed by atoms with Gasteiger partial charge in [-0.05, 0) is 30.0 Å². The highest BCUT2D eigenvalue weighted by Crippen LogP contribution is 2.31. The van der Waals surface area contributed by atoms with Gasteiger partial charge in [-0.2, -0.15) is 5.26 Å². The van der Waals surface area contributed by atoms with Crippen LogP contribution >= 0.6 is 22.9 Å². The van der Waals surface area contributed by atoms with Crippen molar-refractivity contribution < 1.29 is 0 Å². The van der Waals surface area contributed by atoms with Crippen molar-refractivity contribution in [3.63, 3.8) is 0 Å². The maximum Gasteiger partial charge on any atom is 0.101 e. The van der Waals surface area contributed by atoms with E-state index < -0.39 is 0 Å². The zero-order valence-electron chi connectivity index (χ0n) is 7.67. The van der Waals surface area contributed by atoms with Gasteiger partial charge < -0.3 is 0 Å². The smallest absolute Gasteiger partial charge is 0.101 e. The molecule has 3 heteroatoms. The molecule has 0 aliphatic heterocycles. The van der Waals surface area contributed by atoms with Gasteiger partial charge in [-0.3, -0.25) is 0 Å². The number of benzene rings is 1. The number of thiophene rings is 1. The van der Waals surface area contributed by atoms with Crippen LogP contribution in [-0.2, 0) is 5.88 Å². The van der Waals surface area contributed by atoms with E-state index in [4.69, 9.17) is 16.9 Å². The van der Waals surface area contributed by atoms with Crippen LogP contribution in [-0.4, -0.2) is 0 Å². The first kappa shape index (κ1) is 9.51. The molecule has 0 saturated heterocycles. The number of fused-ring (bicyclic) bond motifs is 1. The first-order valence-electron chi connectivity index (χ1n) is 4.24. The molecule has 0 aliphatic rings. The second-order valence-electron chi connectivity index (χ2n) is 3.12. The van der Waals surface area contributed by atoms with Gasteiger partial charge in [0, 0.05) is 10.8 Å². The molecule has 0 spiro atoms. The standard InChI is InChI=1S/C11H8ClNS/c1-7-4-10-8(5-12)2-3-9(6-13)11(10)14-7/h2-4H,5H2,1H3. The molecule has 1 heterocycles. The summed E-state index contributed by atoms with van der Waals surface area (Å²) in [5.41, 5.74) is 1.84. The lowest BCUT2D eigenvalue weighted by atomic mass is 10.1.